The topological polar surface area (TPSA) is 39.7 Å². The molecule has 2 N–H and O–H groups in total. The predicted molar refractivity (Wildman–Crippen MR) is 102 cm³/mol. The number of guanidine groups is 1. The molecule has 128 valence electrons. The van der Waals surface area contributed by atoms with E-state index in [0.29, 0.717) is 6.04 Å². The van der Waals surface area contributed by atoms with E-state index in [0.717, 1.165) is 17.0 Å². The Morgan fingerprint density at radius 1 is 1.26 bits per heavy atom. The number of halogens is 1. The highest BCUT2D eigenvalue weighted by atomic mass is 79.9. The molecule has 0 aliphatic carbocycles. The standard InChI is InChI=1S/C18H29BrN4/c1-3-4-11-23-12-9-17(10-13-23)22-18(20-2)21-14-15-5-7-16(19)8-6-15/h5-8,17H,3-4,9-14H2,1-2H3,(H2,20,21,22). The van der Waals surface area contributed by atoms with Gasteiger partial charge in [0.05, 0.1) is 0 Å². The molecule has 5 heteroatoms. The summed E-state index contributed by atoms with van der Waals surface area (Å²) < 4.78 is 1.11. The average Bonchev–Trinajstić information content (AvgIpc) is 2.59. The maximum atomic E-state index is 4.35. The first-order valence-electron chi connectivity index (χ1n) is 8.65. The molecule has 1 fully saturated rings. The molecule has 1 aromatic carbocycles. The van der Waals surface area contributed by atoms with Crippen LogP contribution in [-0.2, 0) is 6.54 Å². The van der Waals surface area contributed by atoms with Crippen LogP contribution in [0.1, 0.15) is 38.2 Å². The van der Waals surface area contributed by atoms with Gasteiger partial charge >= 0.3 is 0 Å². The van der Waals surface area contributed by atoms with E-state index in [9.17, 15) is 0 Å². The first kappa shape index (κ1) is 18.3. The molecular formula is C18H29BrN4. The van der Waals surface area contributed by atoms with E-state index in [-0.39, 0.29) is 0 Å². The van der Waals surface area contributed by atoms with Crippen molar-refractivity contribution in [3.05, 3.63) is 34.3 Å². The van der Waals surface area contributed by atoms with Crippen LogP contribution >= 0.6 is 15.9 Å². The summed E-state index contributed by atoms with van der Waals surface area (Å²) in [4.78, 5) is 6.94. The lowest BCUT2D eigenvalue weighted by Gasteiger charge is -2.33. The van der Waals surface area contributed by atoms with Gasteiger partial charge in [0.2, 0.25) is 0 Å². The van der Waals surface area contributed by atoms with Crippen LogP contribution < -0.4 is 10.6 Å². The monoisotopic (exact) mass is 380 g/mol. The maximum Gasteiger partial charge on any atom is 0.191 e. The van der Waals surface area contributed by atoms with Crippen LogP contribution in [0.15, 0.2) is 33.7 Å². The fourth-order valence-electron chi connectivity index (χ4n) is 2.86. The molecule has 0 atom stereocenters. The lowest BCUT2D eigenvalue weighted by Crippen LogP contribution is -2.48. The average molecular weight is 381 g/mol. The first-order chi connectivity index (χ1) is 11.2. The second kappa shape index (κ2) is 9.93. The second-order valence-electron chi connectivity index (χ2n) is 6.17. The van der Waals surface area contributed by atoms with Crippen molar-refractivity contribution in [3.8, 4) is 0 Å². The molecule has 0 amide bonds. The lowest BCUT2D eigenvalue weighted by molar-refractivity contribution is 0.203. The molecule has 0 saturated carbocycles. The normalized spacial score (nSPS) is 17.3. The number of likely N-dealkylation sites (tertiary alicyclic amines) is 1. The van der Waals surface area contributed by atoms with Gasteiger partial charge in [0.25, 0.3) is 0 Å². The van der Waals surface area contributed by atoms with Crippen molar-refractivity contribution in [1.29, 1.82) is 0 Å². The van der Waals surface area contributed by atoms with Crippen LogP contribution in [0.25, 0.3) is 0 Å². The van der Waals surface area contributed by atoms with Crippen molar-refractivity contribution in [3.63, 3.8) is 0 Å². The van der Waals surface area contributed by atoms with Crippen molar-refractivity contribution < 1.29 is 0 Å². The van der Waals surface area contributed by atoms with Gasteiger partial charge in [-0.1, -0.05) is 41.4 Å². The zero-order valence-electron chi connectivity index (χ0n) is 14.3. The minimum atomic E-state index is 0.531. The Labute approximate surface area is 148 Å². The third-order valence-electron chi connectivity index (χ3n) is 4.35. The summed E-state index contributed by atoms with van der Waals surface area (Å²) in [6.07, 6.45) is 4.99. The minimum absolute atomic E-state index is 0.531. The van der Waals surface area contributed by atoms with E-state index < -0.39 is 0 Å². The Morgan fingerprint density at radius 2 is 1.96 bits per heavy atom. The minimum Gasteiger partial charge on any atom is -0.354 e. The summed E-state index contributed by atoms with van der Waals surface area (Å²) in [5, 5.41) is 6.97. The van der Waals surface area contributed by atoms with E-state index in [1.54, 1.807) is 0 Å². The van der Waals surface area contributed by atoms with Gasteiger partial charge in [-0.3, -0.25) is 4.99 Å². The summed E-state index contributed by atoms with van der Waals surface area (Å²) >= 11 is 3.46. The summed E-state index contributed by atoms with van der Waals surface area (Å²) in [6, 6.07) is 8.91. The number of piperidine rings is 1. The highest BCUT2D eigenvalue weighted by Crippen LogP contribution is 2.12. The largest absolute Gasteiger partial charge is 0.354 e. The second-order valence-corrected chi connectivity index (χ2v) is 7.08. The molecule has 1 aliphatic heterocycles. The molecule has 0 spiro atoms. The number of benzene rings is 1. The Morgan fingerprint density at radius 3 is 2.57 bits per heavy atom. The predicted octanol–water partition coefficient (Wildman–Crippen LogP) is 3.38. The molecule has 23 heavy (non-hydrogen) atoms. The third kappa shape index (κ3) is 6.51. The summed E-state index contributed by atoms with van der Waals surface area (Å²) in [5.41, 5.74) is 1.26. The highest BCUT2D eigenvalue weighted by Gasteiger charge is 2.19. The Bertz CT molecular complexity index is 478. The van der Waals surface area contributed by atoms with Crippen molar-refractivity contribution in [2.24, 2.45) is 4.99 Å². The Hall–Kier alpha value is -1.07. The number of unbranched alkanes of at least 4 members (excludes halogenated alkanes) is 1. The summed E-state index contributed by atoms with van der Waals surface area (Å²) in [5.74, 6) is 0.903. The van der Waals surface area contributed by atoms with Gasteiger partial charge < -0.3 is 15.5 Å². The van der Waals surface area contributed by atoms with Gasteiger partial charge in [-0.05, 0) is 43.5 Å². The molecule has 1 saturated heterocycles. The quantitative estimate of drug-likeness (QED) is 0.586. The number of aliphatic imine (C=N–C) groups is 1. The summed E-state index contributed by atoms with van der Waals surface area (Å²) in [6.45, 7) is 6.69. The number of hydrogen-bond acceptors (Lipinski definition) is 2. The van der Waals surface area contributed by atoms with Crippen LogP contribution in [0.5, 0.6) is 0 Å². The van der Waals surface area contributed by atoms with Crippen LogP contribution in [0.3, 0.4) is 0 Å². The zero-order chi connectivity index (χ0) is 16.5. The van der Waals surface area contributed by atoms with E-state index >= 15 is 0 Å². The fourth-order valence-corrected chi connectivity index (χ4v) is 3.12. The fraction of sp³-hybridized carbons (Fsp3) is 0.611. The molecule has 1 heterocycles. The van der Waals surface area contributed by atoms with E-state index in [1.807, 2.05) is 7.05 Å². The molecule has 2 rings (SSSR count). The molecule has 1 aromatic rings. The van der Waals surface area contributed by atoms with Crippen molar-refractivity contribution in [1.82, 2.24) is 15.5 Å². The maximum absolute atomic E-state index is 4.35. The molecule has 0 aromatic heterocycles. The molecule has 0 bridgehead atoms. The van der Waals surface area contributed by atoms with Crippen LogP contribution in [0, 0.1) is 0 Å². The van der Waals surface area contributed by atoms with Crippen LogP contribution in [0.4, 0.5) is 0 Å². The molecule has 1 aliphatic rings. The van der Waals surface area contributed by atoms with Crippen molar-refractivity contribution >= 4 is 21.9 Å². The smallest absolute Gasteiger partial charge is 0.191 e. The van der Waals surface area contributed by atoms with E-state index in [2.05, 4.69) is 67.6 Å². The van der Waals surface area contributed by atoms with Gasteiger partial charge in [-0.25, -0.2) is 0 Å². The molecule has 0 radical (unpaired) electrons. The lowest BCUT2D eigenvalue weighted by atomic mass is 10.0. The van der Waals surface area contributed by atoms with Crippen molar-refractivity contribution in [2.75, 3.05) is 26.7 Å². The number of rotatable bonds is 6. The van der Waals surface area contributed by atoms with Crippen LogP contribution in [0.2, 0.25) is 0 Å². The van der Waals surface area contributed by atoms with Gasteiger partial charge in [-0.15, -0.1) is 0 Å². The summed E-state index contributed by atoms with van der Waals surface area (Å²) in [7, 11) is 1.84. The Kier molecular flexibility index (Phi) is 7.89. The molecule has 0 unspecified atom stereocenters. The van der Waals surface area contributed by atoms with Gasteiger partial charge in [-0.2, -0.15) is 0 Å². The highest BCUT2D eigenvalue weighted by molar-refractivity contribution is 9.10. The number of nitrogens with zero attached hydrogens (tertiary/aromatic N) is 2. The van der Waals surface area contributed by atoms with Gasteiger partial charge in [0.1, 0.15) is 0 Å². The number of nitrogens with one attached hydrogen (secondary N) is 2. The molecular weight excluding hydrogens is 352 g/mol. The van der Waals surface area contributed by atoms with Crippen LogP contribution in [-0.4, -0.2) is 43.6 Å². The van der Waals surface area contributed by atoms with E-state index in [1.165, 1.54) is 50.9 Å². The van der Waals surface area contributed by atoms with E-state index in [4.69, 9.17) is 0 Å². The van der Waals surface area contributed by atoms with Crippen molar-refractivity contribution in [2.45, 2.75) is 45.2 Å². The zero-order valence-corrected chi connectivity index (χ0v) is 15.9. The first-order valence-corrected chi connectivity index (χ1v) is 9.44. The van der Waals surface area contributed by atoms with Gasteiger partial charge in [0.15, 0.2) is 5.96 Å². The SMILES string of the molecule is CCCCN1CCC(NC(=NC)NCc2ccc(Br)cc2)CC1. The Balaban J connectivity index is 1.72. The number of hydrogen-bond donors (Lipinski definition) is 2. The van der Waals surface area contributed by atoms with Gasteiger partial charge in [0, 0.05) is 37.2 Å². The third-order valence-corrected chi connectivity index (χ3v) is 4.88. The molecule has 4 nitrogen and oxygen atoms in total.